The minimum Gasteiger partial charge on any atom is -0.462 e. The van der Waals surface area contributed by atoms with Gasteiger partial charge < -0.3 is 4.42 Å². The highest BCUT2D eigenvalue weighted by Gasteiger charge is 2.11. The van der Waals surface area contributed by atoms with E-state index in [2.05, 4.69) is 11.1 Å². The lowest BCUT2D eigenvalue weighted by atomic mass is 10.2. The smallest absolute Gasteiger partial charge is 0.134 e. The van der Waals surface area contributed by atoms with Crippen LogP contribution in [0.1, 0.15) is 16.5 Å². The number of hydrogen-bond acceptors (Lipinski definition) is 4. The van der Waals surface area contributed by atoms with E-state index in [1.165, 1.54) is 11.3 Å². The van der Waals surface area contributed by atoms with Crippen molar-refractivity contribution in [3.05, 3.63) is 62.3 Å². The molecule has 0 amide bonds. The Balaban J connectivity index is 1.95. The number of hydrogen-bond donors (Lipinski definition) is 0. The zero-order chi connectivity index (χ0) is 16.4. The standard InChI is InChI=1S/C17H10Cl2N2OS/c1-10-2-4-13(22-10)6-12(8-20)17-21-16(9-23-17)11-3-5-14(18)15(19)7-11/h2-7,9H,1H3. The highest BCUT2D eigenvalue weighted by Crippen LogP contribution is 2.31. The molecule has 1 aromatic carbocycles. The molecule has 0 unspecified atom stereocenters. The first-order valence-electron chi connectivity index (χ1n) is 6.66. The average molecular weight is 361 g/mol. The first-order chi connectivity index (χ1) is 11.1. The Kier molecular flexibility index (Phi) is 4.53. The summed E-state index contributed by atoms with van der Waals surface area (Å²) in [7, 11) is 0. The summed E-state index contributed by atoms with van der Waals surface area (Å²) in [4.78, 5) is 4.51. The summed E-state index contributed by atoms with van der Waals surface area (Å²) < 4.78 is 5.47. The summed E-state index contributed by atoms with van der Waals surface area (Å²) in [5.41, 5.74) is 2.06. The predicted octanol–water partition coefficient (Wildman–Crippen LogP) is 6.08. The second-order valence-electron chi connectivity index (χ2n) is 4.79. The Morgan fingerprint density at radius 3 is 2.74 bits per heavy atom. The number of allylic oxidation sites excluding steroid dienone is 1. The van der Waals surface area contributed by atoms with Gasteiger partial charge in [-0.25, -0.2) is 4.98 Å². The molecule has 23 heavy (non-hydrogen) atoms. The van der Waals surface area contributed by atoms with Crippen LogP contribution in [-0.2, 0) is 0 Å². The first-order valence-corrected chi connectivity index (χ1v) is 8.30. The molecule has 0 atom stereocenters. The monoisotopic (exact) mass is 360 g/mol. The van der Waals surface area contributed by atoms with Gasteiger partial charge in [-0.3, -0.25) is 0 Å². The van der Waals surface area contributed by atoms with E-state index in [0.29, 0.717) is 26.4 Å². The molecule has 0 fully saturated rings. The van der Waals surface area contributed by atoms with Crippen molar-refractivity contribution >= 4 is 46.2 Å². The Labute approximate surface area is 147 Å². The van der Waals surface area contributed by atoms with E-state index in [4.69, 9.17) is 27.6 Å². The lowest BCUT2D eigenvalue weighted by Crippen LogP contribution is -1.83. The van der Waals surface area contributed by atoms with E-state index in [-0.39, 0.29) is 0 Å². The molecule has 6 heteroatoms. The average Bonchev–Trinajstić information content (AvgIpc) is 3.17. The van der Waals surface area contributed by atoms with E-state index in [1.54, 1.807) is 18.2 Å². The van der Waals surface area contributed by atoms with Crippen LogP contribution in [0.4, 0.5) is 0 Å². The third-order valence-corrected chi connectivity index (χ3v) is 4.73. The number of rotatable bonds is 3. The van der Waals surface area contributed by atoms with Gasteiger partial charge in [0.15, 0.2) is 0 Å². The number of aryl methyl sites for hydroxylation is 1. The van der Waals surface area contributed by atoms with Gasteiger partial charge in [0, 0.05) is 17.0 Å². The SMILES string of the molecule is Cc1ccc(C=C(C#N)c2nc(-c3ccc(Cl)c(Cl)c3)cs2)o1. The van der Waals surface area contributed by atoms with Crippen LogP contribution < -0.4 is 0 Å². The Bertz CT molecular complexity index is 934. The van der Waals surface area contributed by atoms with Crippen LogP contribution >= 0.6 is 34.5 Å². The van der Waals surface area contributed by atoms with Crippen molar-refractivity contribution in [1.29, 1.82) is 5.26 Å². The number of thiazole rings is 1. The zero-order valence-electron chi connectivity index (χ0n) is 12.0. The molecule has 0 N–H and O–H groups in total. The summed E-state index contributed by atoms with van der Waals surface area (Å²) in [6, 6.07) is 11.2. The van der Waals surface area contributed by atoms with Gasteiger partial charge >= 0.3 is 0 Å². The number of halogens is 2. The molecule has 0 aliphatic carbocycles. The number of nitrogens with zero attached hydrogens (tertiary/aromatic N) is 2. The molecular formula is C17H10Cl2N2OS. The normalized spacial score (nSPS) is 11.5. The zero-order valence-corrected chi connectivity index (χ0v) is 14.3. The van der Waals surface area contributed by atoms with Crippen LogP contribution in [0.2, 0.25) is 10.0 Å². The van der Waals surface area contributed by atoms with Crippen molar-refractivity contribution in [1.82, 2.24) is 4.98 Å². The lowest BCUT2D eigenvalue weighted by molar-refractivity contribution is 0.525. The number of benzene rings is 1. The summed E-state index contributed by atoms with van der Waals surface area (Å²) in [5, 5.41) is 12.9. The molecule has 114 valence electrons. The van der Waals surface area contributed by atoms with Gasteiger partial charge in [-0.2, -0.15) is 5.26 Å². The third kappa shape index (κ3) is 3.48. The predicted molar refractivity (Wildman–Crippen MR) is 94.5 cm³/mol. The van der Waals surface area contributed by atoms with Crippen LogP contribution in [0, 0.1) is 18.3 Å². The minimum atomic E-state index is 0.454. The second kappa shape index (κ2) is 6.59. The van der Waals surface area contributed by atoms with Crippen molar-refractivity contribution in [2.75, 3.05) is 0 Å². The molecule has 3 aromatic rings. The van der Waals surface area contributed by atoms with Crippen LogP contribution in [0.5, 0.6) is 0 Å². The topological polar surface area (TPSA) is 49.8 Å². The maximum Gasteiger partial charge on any atom is 0.134 e. The molecule has 0 spiro atoms. The molecule has 0 aliphatic rings. The maximum atomic E-state index is 9.38. The first kappa shape index (κ1) is 15.8. The minimum absolute atomic E-state index is 0.454. The van der Waals surface area contributed by atoms with Crippen molar-refractivity contribution in [2.24, 2.45) is 0 Å². The van der Waals surface area contributed by atoms with Crippen molar-refractivity contribution in [3.8, 4) is 17.3 Å². The Morgan fingerprint density at radius 2 is 2.09 bits per heavy atom. The summed E-state index contributed by atoms with van der Waals surface area (Å²) in [6.07, 6.45) is 1.68. The molecule has 0 radical (unpaired) electrons. The molecule has 0 saturated carbocycles. The maximum absolute atomic E-state index is 9.38. The molecule has 0 saturated heterocycles. The van der Waals surface area contributed by atoms with Crippen LogP contribution in [-0.4, -0.2) is 4.98 Å². The number of aromatic nitrogens is 1. The highest BCUT2D eigenvalue weighted by molar-refractivity contribution is 7.11. The number of furan rings is 1. The quantitative estimate of drug-likeness (QED) is 0.531. The van der Waals surface area contributed by atoms with Crippen LogP contribution in [0.25, 0.3) is 22.9 Å². The molecule has 2 aromatic heterocycles. The fourth-order valence-corrected chi connectivity index (χ4v) is 3.09. The largest absolute Gasteiger partial charge is 0.462 e. The van der Waals surface area contributed by atoms with E-state index >= 15 is 0 Å². The van der Waals surface area contributed by atoms with E-state index in [9.17, 15) is 5.26 Å². The fourth-order valence-electron chi connectivity index (χ4n) is 2.00. The van der Waals surface area contributed by atoms with E-state index in [0.717, 1.165) is 17.0 Å². The van der Waals surface area contributed by atoms with Crippen LogP contribution in [0.15, 0.2) is 40.1 Å². The van der Waals surface area contributed by atoms with Gasteiger partial charge in [0.25, 0.3) is 0 Å². The van der Waals surface area contributed by atoms with Gasteiger partial charge in [0.05, 0.1) is 21.3 Å². The summed E-state index contributed by atoms with van der Waals surface area (Å²) in [6.45, 7) is 1.86. The molecule has 0 bridgehead atoms. The van der Waals surface area contributed by atoms with Crippen LogP contribution in [0.3, 0.4) is 0 Å². The molecule has 2 heterocycles. The molecule has 0 aliphatic heterocycles. The Morgan fingerprint density at radius 1 is 1.26 bits per heavy atom. The van der Waals surface area contributed by atoms with E-state index < -0.39 is 0 Å². The summed E-state index contributed by atoms with van der Waals surface area (Å²) in [5.74, 6) is 1.43. The van der Waals surface area contributed by atoms with Crippen molar-refractivity contribution in [2.45, 2.75) is 6.92 Å². The second-order valence-corrected chi connectivity index (χ2v) is 6.46. The number of nitriles is 1. The van der Waals surface area contributed by atoms with Gasteiger partial charge in [-0.05, 0) is 31.2 Å². The van der Waals surface area contributed by atoms with Gasteiger partial charge in [0.1, 0.15) is 22.6 Å². The van der Waals surface area contributed by atoms with Gasteiger partial charge in [-0.15, -0.1) is 11.3 Å². The molecule has 3 nitrogen and oxygen atoms in total. The molecule has 3 rings (SSSR count). The third-order valence-electron chi connectivity index (χ3n) is 3.12. The fraction of sp³-hybridized carbons (Fsp3) is 0.0588. The van der Waals surface area contributed by atoms with Gasteiger partial charge in [0.2, 0.25) is 0 Å². The molecular weight excluding hydrogens is 351 g/mol. The lowest BCUT2D eigenvalue weighted by Gasteiger charge is -1.99. The highest BCUT2D eigenvalue weighted by atomic mass is 35.5. The Hall–Kier alpha value is -2.06. The summed E-state index contributed by atoms with van der Waals surface area (Å²) >= 11 is 13.4. The van der Waals surface area contributed by atoms with Gasteiger partial charge in [-0.1, -0.05) is 29.3 Å². The van der Waals surface area contributed by atoms with E-state index in [1.807, 2.05) is 30.5 Å². The van der Waals surface area contributed by atoms with Crippen molar-refractivity contribution in [3.63, 3.8) is 0 Å². The van der Waals surface area contributed by atoms with Crippen molar-refractivity contribution < 1.29 is 4.42 Å².